The van der Waals surface area contributed by atoms with Gasteiger partial charge in [0.2, 0.25) is 0 Å². The second kappa shape index (κ2) is 8.04. The number of hydrogen-bond acceptors (Lipinski definition) is 3. The topological polar surface area (TPSA) is 40.5 Å². The van der Waals surface area contributed by atoms with Gasteiger partial charge in [-0.05, 0) is 60.5 Å². The molecular weight excluding hydrogens is 398 g/mol. The molecule has 0 saturated carbocycles. The number of allylic oxidation sites excluding steroid dienone is 1. The predicted molar refractivity (Wildman–Crippen MR) is 127 cm³/mol. The molecular formula is C28H25NO3. The number of aryl methyl sites for hydroxylation is 1. The molecule has 1 aliphatic heterocycles. The second-order valence-corrected chi connectivity index (χ2v) is 8.18. The number of rotatable bonds is 4. The SMILES string of the molecule is COC(=O)[C@@H]1c2cc3cc(C)ccc3n2C(c2ccc(OC)cc2)=C[C@H]1c1ccccc1. The van der Waals surface area contributed by atoms with Crippen LogP contribution in [-0.2, 0) is 9.53 Å². The first-order valence-electron chi connectivity index (χ1n) is 10.7. The van der Waals surface area contributed by atoms with Crippen molar-refractivity contribution in [3.05, 3.63) is 107 Å². The summed E-state index contributed by atoms with van der Waals surface area (Å²) < 4.78 is 12.9. The average Bonchev–Trinajstić information content (AvgIpc) is 3.21. The molecule has 0 unspecified atom stereocenters. The van der Waals surface area contributed by atoms with Crippen molar-refractivity contribution in [1.82, 2.24) is 4.57 Å². The van der Waals surface area contributed by atoms with E-state index in [-0.39, 0.29) is 11.9 Å². The van der Waals surface area contributed by atoms with Gasteiger partial charge in [-0.25, -0.2) is 0 Å². The minimum atomic E-state index is -0.433. The number of carbonyl (C=O) groups excluding carboxylic acids is 1. The molecule has 0 spiro atoms. The number of benzene rings is 3. The molecule has 1 aromatic heterocycles. The van der Waals surface area contributed by atoms with Gasteiger partial charge >= 0.3 is 5.97 Å². The highest BCUT2D eigenvalue weighted by Gasteiger charge is 2.38. The van der Waals surface area contributed by atoms with E-state index < -0.39 is 5.92 Å². The van der Waals surface area contributed by atoms with Crippen LogP contribution in [0.15, 0.2) is 84.9 Å². The Morgan fingerprint density at radius 2 is 1.66 bits per heavy atom. The summed E-state index contributed by atoms with van der Waals surface area (Å²) in [5, 5.41) is 1.11. The van der Waals surface area contributed by atoms with E-state index >= 15 is 0 Å². The van der Waals surface area contributed by atoms with Gasteiger partial charge in [0.25, 0.3) is 0 Å². The van der Waals surface area contributed by atoms with E-state index in [0.717, 1.165) is 39.2 Å². The molecule has 1 aliphatic rings. The zero-order chi connectivity index (χ0) is 22.2. The lowest BCUT2D eigenvalue weighted by atomic mass is 9.80. The summed E-state index contributed by atoms with van der Waals surface area (Å²) in [5.41, 5.74) is 6.41. The molecule has 4 aromatic rings. The molecule has 2 atom stereocenters. The van der Waals surface area contributed by atoms with Crippen LogP contribution in [0.1, 0.15) is 34.2 Å². The molecule has 0 fully saturated rings. The van der Waals surface area contributed by atoms with Gasteiger partial charge < -0.3 is 14.0 Å². The highest BCUT2D eigenvalue weighted by atomic mass is 16.5. The minimum Gasteiger partial charge on any atom is -0.497 e. The monoisotopic (exact) mass is 423 g/mol. The van der Waals surface area contributed by atoms with E-state index in [0.29, 0.717) is 0 Å². The summed E-state index contributed by atoms with van der Waals surface area (Å²) in [6.45, 7) is 2.08. The molecule has 0 bridgehead atoms. The van der Waals surface area contributed by atoms with Gasteiger partial charge in [0.1, 0.15) is 11.7 Å². The summed E-state index contributed by atoms with van der Waals surface area (Å²) in [7, 11) is 3.13. The summed E-state index contributed by atoms with van der Waals surface area (Å²) in [4.78, 5) is 13.1. The lowest BCUT2D eigenvalue weighted by molar-refractivity contribution is -0.142. The standard InChI is InChI=1S/C28H25NO3/c1-18-9-14-24-21(15-18)16-26-27(28(30)32-3)23(19-7-5-4-6-8-19)17-25(29(24)26)20-10-12-22(31-2)13-11-20/h4-17,23,27H,1-3H3/t23-,27-/m0/s1. The first-order chi connectivity index (χ1) is 15.6. The summed E-state index contributed by atoms with van der Waals surface area (Å²) in [5.74, 6) is 0.00541. The van der Waals surface area contributed by atoms with Crippen LogP contribution in [0.5, 0.6) is 5.75 Å². The summed E-state index contributed by atoms with van der Waals surface area (Å²) in [6, 6.07) is 26.8. The van der Waals surface area contributed by atoms with Crippen LogP contribution in [0.4, 0.5) is 0 Å². The molecule has 0 amide bonds. The lowest BCUT2D eigenvalue weighted by Crippen LogP contribution is -2.27. The zero-order valence-electron chi connectivity index (χ0n) is 18.4. The molecule has 4 nitrogen and oxygen atoms in total. The molecule has 0 N–H and O–H groups in total. The number of hydrogen-bond donors (Lipinski definition) is 0. The highest BCUT2D eigenvalue weighted by molar-refractivity contribution is 5.93. The molecule has 32 heavy (non-hydrogen) atoms. The number of nitrogens with zero attached hydrogens (tertiary/aromatic N) is 1. The molecule has 2 heterocycles. The Morgan fingerprint density at radius 1 is 0.906 bits per heavy atom. The quantitative estimate of drug-likeness (QED) is 0.384. The normalized spacial score (nSPS) is 17.5. The first kappa shape index (κ1) is 20.1. The van der Waals surface area contributed by atoms with Crippen molar-refractivity contribution in [1.29, 1.82) is 0 Å². The Labute approximate surface area is 187 Å². The molecule has 0 saturated heterocycles. The van der Waals surface area contributed by atoms with Gasteiger partial charge in [-0.2, -0.15) is 0 Å². The van der Waals surface area contributed by atoms with Crippen molar-refractivity contribution in [2.45, 2.75) is 18.8 Å². The maximum atomic E-state index is 13.1. The van der Waals surface area contributed by atoms with Crippen molar-refractivity contribution in [2.24, 2.45) is 0 Å². The van der Waals surface area contributed by atoms with Crippen LogP contribution in [0.2, 0.25) is 0 Å². The van der Waals surface area contributed by atoms with E-state index in [1.165, 1.54) is 12.7 Å². The van der Waals surface area contributed by atoms with Gasteiger partial charge in [0.05, 0.1) is 19.7 Å². The largest absolute Gasteiger partial charge is 0.497 e. The third-order valence-corrected chi connectivity index (χ3v) is 6.27. The van der Waals surface area contributed by atoms with Gasteiger partial charge in [-0.3, -0.25) is 4.79 Å². The van der Waals surface area contributed by atoms with E-state index in [2.05, 4.69) is 66.1 Å². The number of aromatic nitrogens is 1. The fraction of sp³-hybridized carbons (Fsp3) is 0.179. The van der Waals surface area contributed by atoms with Crippen LogP contribution < -0.4 is 4.74 Å². The van der Waals surface area contributed by atoms with Crippen molar-refractivity contribution >= 4 is 22.6 Å². The predicted octanol–water partition coefficient (Wildman–Crippen LogP) is 5.90. The fourth-order valence-electron chi connectivity index (χ4n) is 4.72. The van der Waals surface area contributed by atoms with Crippen LogP contribution >= 0.6 is 0 Å². The Hall–Kier alpha value is -3.79. The van der Waals surface area contributed by atoms with E-state index in [9.17, 15) is 4.79 Å². The molecule has 0 aliphatic carbocycles. The number of methoxy groups -OCH3 is 2. The number of esters is 1. The molecule has 160 valence electrons. The van der Waals surface area contributed by atoms with Gasteiger partial charge in [0, 0.05) is 22.7 Å². The maximum absolute atomic E-state index is 13.1. The van der Waals surface area contributed by atoms with Gasteiger partial charge in [-0.15, -0.1) is 0 Å². The third kappa shape index (κ3) is 3.28. The van der Waals surface area contributed by atoms with Crippen LogP contribution in [0.25, 0.3) is 16.6 Å². The van der Waals surface area contributed by atoms with Crippen molar-refractivity contribution in [2.75, 3.05) is 14.2 Å². The Balaban J connectivity index is 1.80. The average molecular weight is 424 g/mol. The van der Waals surface area contributed by atoms with Crippen molar-refractivity contribution < 1.29 is 14.3 Å². The van der Waals surface area contributed by atoms with Crippen LogP contribution in [0.3, 0.4) is 0 Å². The van der Waals surface area contributed by atoms with Gasteiger partial charge in [0.15, 0.2) is 0 Å². The molecule has 4 heteroatoms. The van der Waals surface area contributed by atoms with Crippen LogP contribution in [0, 0.1) is 6.92 Å². The second-order valence-electron chi connectivity index (χ2n) is 8.18. The number of fused-ring (bicyclic) bond motifs is 3. The first-order valence-corrected chi connectivity index (χ1v) is 10.7. The Bertz CT molecular complexity index is 1320. The zero-order valence-corrected chi connectivity index (χ0v) is 18.4. The maximum Gasteiger partial charge on any atom is 0.315 e. The Morgan fingerprint density at radius 3 is 2.34 bits per heavy atom. The van der Waals surface area contributed by atoms with Crippen molar-refractivity contribution in [3.8, 4) is 5.75 Å². The van der Waals surface area contributed by atoms with E-state index in [1.54, 1.807) is 7.11 Å². The summed E-state index contributed by atoms with van der Waals surface area (Å²) >= 11 is 0. The van der Waals surface area contributed by atoms with Gasteiger partial charge in [-0.1, -0.05) is 48.0 Å². The summed E-state index contributed by atoms with van der Waals surface area (Å²) in [6.07, 6.45) is 2.20. The number of carbonyl (C=O) groups is 1. The minimum absolute atomic E-state index is 0.140. The number of ether oxygens (including phenoxy) is 2. The lowest BCUT2D eigenvalue weighted by Gasteiger charge is -2.31. The van der Waals surface area contributed by atoms with E-state index in [1.807, 2.05) is 30.3 Å². The molecule has 5 rings (SSSR count). The van der Waals surface area contributed by atoms with Crippen LogP contribution in [-0.4, -0.2) is 24.8 Å². The third-order valence-electron chi connectivity index (χ3n) is 6.27. The fourth-order valence-corrected chi connectivity index (χ4v) is 4.72. The highest BCUT2D eigenvalue weighted by Crippen LogP contribution is 2.45. The van der Waals surface area contributed by atoms with E-state index in [4.69, 9.17) is 9.47 Å². The van der Waals surface area contributed by atoms with Crippen molar-refractivity contribution in [3.63, 3.8) is 0 Å². The smallest absolute Gasteiger partial charge is 0.315 e. The Kier molecular flexibility index (Phi) is 5.06. The molecule has 3 aromatic carbocycles. The molecule has 0 radical (unpaired) electrons.